The van der Waals surface area contributed by atoms with E-state index in [0.717, 1.165) is 6.42 Å². The minimum Gasteiger partial charge on any atom is -0.377 e. The van der Waals surface area contributed by atoms with Gasteiger partial charge in [0.15, 0.2) is 0 Å². The van der Waals surface area contributed by atoms with Crippen molar-refractivity contribution in [1.29, 1.82) is 0 Å². The van der Waals surface area contributed by atoms with Gasteiger partial charge in [-0.05, 0) is 48.9 Å². The Balaban J connectivity index is 1.86. The lowest BCUT2D eigenvalue weighted by Gasteiger charge is -2.39. The van der Waals surface area contributed by atoms with Crippen molar-refractivity contribution >= 4 is 21.6 Å². The van der Waals surface area contributed by atoms with Crippen molar-refractivity contribution in [2.75, 3.05) is 5.32 Å². The van der Waals surface area contributed by atoms with Gasteiger partial charge in [-0.1, -0.05) is 64.0 Å². The topological polar surface area (TPSA) is 12.0 Å². The number of aryl methyl sites for hydroxylation is 2. The molecule has 2 aromatic rings. The lowest BCUT2D eigenvalue weighted by atomic mass is 9.76. The van der Waals surface area contributed by atoms with Crippen LogP contribution in [0.25, 0.3) is 0 Å². The Hall–Kier alpha value is -1.54. The van der Waals surface area contributed by atoms with E-state index < -0.39 is 0 Å². The Bertz CT molecular complexity index is 762. The average molecular weight is 354 g/mol. The van der Waals surface area contributed by atoms with E-state index in [0.29, 0.717) is 17.9 Å². The van der Waals surface area contributed by atoms with Crippen LogP contribution in [0.15, 0.2) is 53.0 Å². The minimum atomic E-state index is 0.365. The number of hydrogen-bond donors (Lipinski definition) is 1. The summed E-state index contributed by atoms with van der Waals surface area (Å²) in [4.78, 5) is 0. The number of hydrogen-bond acceptors (Lipinski definition) is 1. The highest BCUT2D eigenvalue weighted by atomic mass is 79.9. The van der Waals surface area contributed by atoms with E-state index in [4.69, 9.17) is 0 Å². The first-order valence-electron chi connectivity index (χ1n) is 7.94. The molecule has 112 valence electrons. The smallest absolute Gasteiger partial charge is 0.0565 e. The van der Waals surface area contributed by atoms with Crippen molar-refractivity contribution in [2.45, 2.75) is 32.2 Å². The van der Waals surface area contributed by atoms with Crippen molar-refractivity contribution in [3.05, 3.63) is 75.3 Å². The van der Waals surface area contributed by atoms with Gasteiger partial charge in [0.2, 0.25) is 0 Å². The van der Waals surface area contributed by atoms with E-state index in [9.17, 15) is 0 Å². The van der Waals surface area contributed by atoms with Crippen LogP contribution in [0.3, 0.4) is 0 Å². The maximum absolute atomic E-state index is 3.85. The van der Waals surface area contributed by atoms with E-state index in [1.807, 2.05) is 0 Å². The number of allylic oxidation sites excluding steroid dienone is 2. The summed E-state index contributed by atoms with van der Waals surface area (Å²) in [6, 6.07) is 13.6. The zero-order chi connectivity index (χ0) is 15.3. The summed E-state index contributed by atoms with van der Waals surface area (Å²) in [6.45, 7) is 4.41. The van der Waals surface area contributed by atoms with Crippen LogP contribution in [0.4, 0.5) is 5.69 Å². The summed E-state index contributed by atoms with van der Waals surface area (Å²) >= 11 is 3.74. The summed E-state index contributed by atoms with van der Waals surface area (Å²) in [6.07, 6.45) is 5.91. The number of nitrogens with one attached hydrogen (secondary N) is 1. The van der Waals surface area contributed by atoms with E-state index >= 15 is 0 Å². The fourth-order valence-electron chi connectivity index (χ4n) is 4.11. The van der Waals surface area contributed by atoms with E-state index in [2.05, 4.69) is 83.6 Å². The highest BCUT2D eigenvalue weighted by Crippen LogP contribution is 2.51. The monoisotopic (exact) mass is 353 g/mol. The van der Waals surface area contributed by atoms with Crippen molar-refractivity contribution in [3.63, 3.8) is 0 Å². The van der Waals surface area contributed by atoms with Crippen LogP contribution in [0, 0.1) is 19.8 Å². The summed E-state index contributed by atoms with van der Waals surface area (Å²) in [5.74, 6) is 1.14. The Labute approximate surface area is 140 Å². The van der Waals surface area contributed by atoms with Gasteiger partial charge in [-0.2, -0.15) is 0 Å². The molecule has 0 amide bonds. The van der Waals surface area contributed by atoms with Crippen molar-refractivity contribution in [2.24, 2.45) is 5.92 Å². The zero-order valence-electron chi connectivity index (χ0n) is 12.9. The predicted molar refractivity (Wildman–Crippen MR) is 96.4 cm³/mol. The highest BCUT2D eigenvalue weighted by Gasteiger charge is 2.38. The normalized spacial score (nSPS) is 25.5. The number of halogens is 1. The third-order valence-corrected chi connectivity index (χ3v) is 5.77. The van der Waals surface area contributed by atoms with Gasteiger partial charge in [0, 0.05) is 16.1 Å². The summed E-state index contributed by atoms with van der Waals surface area (Å²) in [5.41, 5.74) is 6.88. The van der Waals surface area contributed by atoms with Crippen LogP contribution in [0.5, 0.6) is 0 Å². The molecule has 2 aromatic carbocycles. The standard InChI is InChI=1S/C20H20BrN/c1-12-10-13(2)19-17(11-12)14-7-5-8-15(14)20(22-19)16-6-3-4-9-18(16)21/h3-7,9-11,14-15,20,22H,8H2,1-2H3/t14-,15+,20-/m1/s1. The van der Waals surface area contributed by atoms with Crippen molar-refractivity contribution in [3.8, 4) is 0 Å². The Morgan fingerprint density at radius 3 is 2.73 bits per heavy atom. The molecule has 1 heterocycles. The predicted octanol–water partition coefficient (Wildman–Crippen LogP) is 5.89. The number of benzene rings is 2. The molecule has 2 heteroatoms. The molecule has 0 aromatic heterocycles. The molecule has 0 fully saturated rings. The third-order valence-electron chi connectivity index (χ3n) is 5.05. The van der Waals surface area contributed by atoms with Gasteiger partial charge in [0.05, 0.1) is 6.04 Å². The van der Waals surface area contributed by atoms with Gasteiger partial charge in [0.1, 0.15) is 0 Å². The first-order valence-corrected chi connectivity index (χ1v) is 8.73. The van der Waals surface area contributed by atoms with Gasteiger partial charge in [-0.25, -0.2) is 0 Å². The molecule has 1 nitrogen and oxygen atoms in total. The first-order chi connectivity index (χ1) is 10.6. The molecule has 0 saturated carbocycles. The van der Waals surface area contributed by atoms with Crippen LogP contribution in [0.1, 0.15) is 40.6 Å². The second-order valence-corrected chi connectivity index (χ2v) is 7.40. The average Bonchev–Trinajstić information content (AvgIpc) is 2.97. The maximum atomic E-state index is 3.85. The van der Waals surface area contributed by atoms with Crippen molar-refractivity contribution in [1.82, 2.24) is 0 Å². The molecule has 1 aliphatic carbocycles. The third kappa shape index (κ3) is 2.13. The van der Waals surface area contributed by atoms with Crippen LogP contribution in [0.2, 0.25) is 0 Å². The Morgan fingerprint density at radius 1 is 1.09 bits per heavy atom. The molecule has 1 aliphatic heterocycles. The lowest BCUT2D eigenvalue weighted by Crippen LogP contribution is -2.30. The van der Waals surface area contributed by atoms with Gasteiger partial charge < -0.3 is 5.32 Å². The SMILES string of the molecule is Cc1cc(C)c2c(c1)[C@@H]1C=CC[C@@H]1[C@H](c1ccccc1Br)N2. The highest BCUT2D eigenvalue weighted by molar-refractivity contribution is 9.10. The molecule has 0 saturated heterocycles. The fourth-order valence-corrected chi connectivity index (χ4v) is 4.64. The molecule has 22 heavy (non-hydrogen) atoms. The van der Waals surface area contributed by atoms with E-state index in [1.54, 1.807) is 0 Å². The molecular formula is C20H20BrN. The number of rotatable bonds is 1. The number of fused-ring (bicyclic) bond motifs is 3. The second-order valence-electron chi connectivity index (χ2n) is 6.54. The van der Waals surface area contributed by atoms with Crippen LogP contribution < -0.4 is 5.32 Å². The van der Waals surface area contributed by atoms with Gasteiger partial charge >= 0.3 is 0 Å². The Kier molecular flexibility index (Phi) is 3.37. The molecule has 2 aliphatic rings. The molecule has 0 radical (unpaired) electrons. The molecule has 4 rings (SSSR count). The van der Waals surface area contributed by atoms with Crippen molar-refractivity contribution < 1.29 is 0 Å². The second kappa shape index (κ2) is 5.27. The summed E-state index contributed by atoms with van der Waals surface area (Å²) in [5, 5.41) is 3.85. The molecular weight excluding hydrogens is 334 g/mol. The summed E-state index contributed by atoms with van der Waals surface area (Å²) < 4.78 is 1.20. The largest absolute Gasteiger partial charge is 0.377 e. The minimum absolute atomic E-state index is 0.365. The lowest BCUT2D eigenvalue weighted by molar-refractivity contribution is 0.424. The van der Waals surface area contributed by atoms with Gasteiger partial charge in [-0.15, -0.1) is 0 Å². The Morgan fingerprint density at radius 2 is 1.91 bits per heavy atom. The zero-order valence-corrected chi connectivity index (χ0v) is 14.5. The van der Waals surface area contributed by atoms with Gasteiger partial charge in [-0.3, -0.25) is 0 Å². The fraction of sp³-hybridized carbons (Fsp3) is 0.300. The molecule has 1 N–H and O–H groups in total. The molecule has 0 unspecified atom stereocenters. The van der Waals surface area contributed by atoms with Crippen LogP contribution >= 0.6 is 15.9 Å². The van der Waals surface area contributed by atoms with Crippen LogP contribution in [-0.4, -0.2) is 0 Å². The molecule has 0 spiro atoms. The van der Waals surface area contributed by atoms with E-state index in [-0.39, 0.29) is 0 Å². The summed E-state index contributed by atoms with van der Waals surface area (Å²) in [7, 11) is 0. The maximum Gasteiger partial charge on any atom is 0.0565 e. The molecule has 0 bridgehead atoms. The molecule has 3 atom stereocenters. The van der Waals surface area contributed by atoms with Gasteiger partial charge in [0.25, 0.3) is 0 Å². The first kappa shape index (κ1) is 14.1. The number of anilines is 1. The van der Waals surface area contributed by atoms with Crippen LogP contribution in [-0.2, 0) is 0 Å². The van der Waals surface area contributed by atoms with E-state index in [1.165, 1.54) is 32.4 Å². The quantitative estimate of drug-likeness (QED) is 0.630.